The Balaban J connectivity index is 1.71. The minimum atomic E-state index is -1.15. The molecule has 1 amide bonds. The molecule has 0 aliphatic carbocycles. The first kappa shape index (κ1) is 14.1. The second-order valence-electron chi connectivity index (χ2n) is 4.86. The van der Waals surface area contributed by atoms with Crippen LogP contribution in [0.3, 0.4) is 0 Å². The van der Waals surface area contributed by atoms with E-state index in [1.807, 2.05) is 30.5 Å². The fraction of sp³-hybridized carbons (Fsp3) is 0.214. The molecule has 0 aliphatic heterocycles. The molecule has 2 heterocycles. The predicted molar refractivity (Wildman–Crippen MR) is 78.1 cm³/mol. The minimum absolute atomic E-state index is 0.0395. The summed E-state index contributed by atoms with van der Waals surface area (Å²) in [5, 5.41) is 19.4. The predicted octanol–water partition coefficient (Wildman–Crippen LogP) is 1.56. The average Bonchev–Trinajstić information content (AvgIpc) is 3.13. The number of H-pyrrole nitrogens is 1. The second-order valence-corrected chi connectivity index (χ2v) is 4.86. The molecule has 1 atom stereocenters. The molecular weight excluding hydrogens is 286 g/mol. The number of hydrogen-bond donors (Lipinski definition) is 4. The van der Waals surface area contributed by atoms with E-state index in [1.54, 1.807) is 0 Å². The van der Waals surface area contributed by atoms with Crippen LogP contribution < -0.4 is 11.1 Å². The van der Waals surface area contributed by atoms with Crippen LogP contribution in [0.4, 0.5) is 4.79 Å². The molecule has 0 saturated heterocycles. The molecule has 3 aromatic rings. The second kappa shape index (κ2) is 5.86. The fourth-order valence-corrected chi connectivity index (χ4v) is 2.26. The van der Waals surface area contributed by atoms with Gasteiger partial charge in [0, 0.05) is 17.1 Å². The normalized spacial score (nSPS) is 12.4. The topological polar surface area (TPSA) is 130 Å². The maximum atomic E-state index is 10.4. The number of rotatable bonds is 5. The highest BCUT2D eigenvalue weighted by Gasteiger charge is 2.17. The quantitative estimate of drug-likeness (QED) is 0.565. The van der Waals surface area contributed by atoms with Gasteiger partial charge in [-0.25, -0.2) is 4.79 Å². The third-order valence-electron chi connectivity index (χ3n) is 3.31. The molecule has 1 unspecified atom stereocenters. The molecule has 0 spiro atoms. The zero-order valence-electron chi connectivity index (χ0n) is 11.6. The Labute approximate surface area is 125 Å². The molecule has 0 aliphatic rings. The SMILES string of the molecule is NC(Cc1c[nH]c2ccccc12)c1nnc(CNC(=O)O)o1. The van der Waals surface area contributed by atoms with Crippen LogP contribution in [0.1, 0.15) is 23.4 Å². The molecule has 0 bridgehead atoms. The van der Waals surface area contributed by atoms with E-state index in [1.165, 1.54) is 0 Å². The number of aromatic amines is 1. The van der Waals surface area contributed by atoms with Gasteiger partial charge in [0.2, 0.25) is 11.8 Å². The maximum absolute atomic E-state index is 10.4. The molecular formula is C14H15N5O3. The first-order valence-electron chi connectivity index (χ1n) is 6.73. The highest BCUT2D eigenvalue weighted by molar-refractivity contribution is 5.83. The fourth-order valence-electron chi connectivity index (χ4n) is 2.26. The van der Waals surface area contributed by atoms with Crippen molar-refractivity contribution in [1.82, 2.24) is 20.5 Å². The van der Waals surface area contributed by atoms with Crippen LogP contribution in [-0.2, 0) is 13.0 Å². The number of para-hydroxylation sites is 1. The van der Waals surface area contributed by atoms with E-state index in [2.05, 4.69) is 20.5 Å². The summed E-state index contributed by atoms with van der Waals surface area (Å²) in [7, 11) is 0. The first-order chi connectivity index (χ1) is 10.6. The number of carboxylic acid groups (broad SMARTS) is 1. The Morgan fingerprint density at radius 3 is 3.05 bits per heavy atom. The van der Waals surface area contributed by atoms with E-state index in [9.17, 15) is 4.79 Å². The summed E-state index contributed by atoms with van der Waals surface area (Å²) in [6.45, 7) is -0.0395. The molecule has 0 fully saturated rings. The third-order valence-corrected chi connectivity index (χ3v) is 3.31. The first-order valence-corrected chi connectivity index (χ1v) is 6.73. The van der Waals surface area contributed by atoms with Crippen molar-refractivity contribution in [2.45, 2.75) is 19.0 Å². The van der Waals surface area contributed by atoms with Gasteiger partial charge in [0.15, 0.2) is 0 Å². The molecule has 22 heavy (non-hydrogen) atoms. The molecule has 0 saturated carbocycles. The monoisotopic (exact) mass is 301 g/mol. The number of fused-ring (bicyclic) bond motifs is 1. The van der Waals surface area contributed by atoms with Crippen molar-refractivity contribution in [1.29, 1.82) is 0 Å². The molecule has 0 radical (unpaired) electrons. The highest BCUT2D eigenvalue weighted by Crippen LogP contribution is 2.22. The molecule has 1 aromatic carbocycles. The summed E-state index contributed by atoms with van der Waals surface area (Å²) in [5.41, 5.74) is 8.20. The van der Waals surface area contributed by atoms with Crippen LogP contribution in [-0.4, -0.2) is 26.4 Å². The lowest BCUT2D eigenvalue weighted by molar-refractivity contribution is 0.192. The number of nitrogens with zero attached hydrogens (tertiary/aromatic N) is 2. The summed E-state index contributed by atoms with van der Waals surface area (Å²) >= 11 is 0. The third kappa shape index (κ3) is 2.91. The van der Waals surface area contributed by atoms with Crippen molar-refractivity contribution >= 4 is 17.0 Å². The minimum Gasteiger partial charge on any atom is -0.465 e. The zero-order valence-corrected chi connectivity index (χ0v) is 11.6. The van der Waals surface area contributed by atoms with Crippen LogP contribution in [0.2, 0.25) is 0 Å². The van der Waals surface area contributed by atoms with Crippen molar-refractivity contribution < 1.29 is 14.3 Å². The highest BCUT2D eigenvalue weighted by atomic mass is 16.4. The van der Waals surface area contributed by atoms with Crippen LogP contribution >= 0.6 is 0 Å². The maximum Gasteiger partial charge on any atom is 0.405 e. The van der Waals surface area contributed by atoms with Gasteiger partial charge in [0.25, 0.3) is 0 Å². The van der Waals surface area contributed by atoms with E-state index < -0.39 is 12.1 Å². The summed E-state index contributed by atoms with van der Waals surface area (Å²) in [6.07, 6.45) is 1.30. The van der Waals surface area contributed by atoms with Gasteiger partial charge in [0.1, 0.15) is 0 Å². The number of nitrogens with two attached hydrogens (primary N) is 1. The van der Waals surface area contributed by atoms with E-state index >= 15 is 0 Å². The van der Waals surface area contributed by atoms with Gasteiger partial charge in [-0.3, -0.25) is 0 Å². The van der Waals surface area contributed by atoms with E-state index in [-0.39, 0.29) is 18.3 Å². The van der Waals surface area contributed by atoms with Crippen LogP contribution in [0.15, 0.2) is 34.9 Å². The Morgan fingerprint density at radius 2 is 2.23 bits per heavy atom. The average molecular weight is 301 g/mol. The van der Waals surface area contributed by atoms with Crippen LogP contribution in [0, 0.1) is 0 Å². The number of nitrogens with one attached hydrogen (secondary N) is 2. The Morgan fingerprint density at radius 1 is 1.41 bits per heavy atom. The molecule has 2 aromatic heterocycles. The standard InChI is InChI=1S/C14H15N5O3/c15-10(13-19-18-12(22-13)7-17-14(20)21)5-8-6-16-11-4-2-1-3-9(8)11/h1-4,6,10,16-17H,5,7,15H2,(H,20,21). The van der Waals surface area contributed by atoms with E-state index in [0.29, 0.717) is 6.42 Å². The van der Waals surface area contributed by atoms with Gasteiger partial charge >= 0.3 is 6.09 Å². The molecule has 8 nitrogen and oxygen atoms in total. The summed E-state index contributed by atoms with van der Waals surface area (Å²) < 4.78 is 5.37. The summed E-state index contributed by atoms with van der Waals surface area (Å²) in [6, 6.07) is 7.48. The van der Waals surface area contributed by atoms with Gasteiger partial charge in [-0.2, -0.15) is 0 Å². The lowest BCUT2D eigenvalue weighted by Gasteiger charge is -2.05. The van der Waals surface area contributed by atoms with Crippen molar-refractivity contribution in [2.24, 2.45) is 5.73 Å². The van der Waals surface area contributed by atoms with Gasteiger partial charge < -0.3 is 25.6 Å². The molecule has 8 heteroatoms. The number of carbonyl (C=O) groups is 1. The molecule has 5 N–H and O–H groups in total. The van der Waals surface area contributed by atoms with Crippen molar-refractivity contribution in [3.05, 3.63) is 47.8 Å². The number of aromatic nitrogens is 3. The number of hydrogen-bond acceptors (Lipinski definition) is 5. The molecule has 3 rings (SSSR count). The zero-order chi connectivity index (χ0) is 15.5. The van der Waals surface area contributed by atoms with Crippen LogP contribution in [0.25, 0.3) is 10.9 Å². The van der Waals surface area contributed by atoms with E-state index in [4.69, 9.17) is 15.3 Å². The Kier molecular flexibility index (Phi) is 3.75. The van der Waals surface area contributed by atoms with Gasteiger partial charge in [-0.1, -0.05) is 18.2 Å². The van der Waals surface area contributed by atoms with Crippen molar-refractivity contribution in [3.8, 4) is 0 Å². The smallest absolute Gasteiger partial charge is 0.405 e. The van der Waals surface area contributed by atoms with Gasteiger partial charge in [-0.05, 0) is 18.1 Å². The molecule has 114 valence electrons. The number of benzene rings is 1. The van der Waals surface area contributed by atoms with Crippen molar-refractivity contribution in [2.75, 3.05) is 0 Å². The van der Waals surface area contributed by atoms with Crippen molar-refractivity contribution in [3.63, 3.8) is 0 Å². The summed E-state index contributed by atoms with van der Waals surface area (Å²) in [5.74, 6) is 0.472. The Bertz CT molecular complexity index is 794. The van der Waals surface area contributed by atoms with Gasteiger partial charge in [-0.15, -0.1) is 10.2 Å². The largest absolute Gasteiger partial charge is 0.465 e. The Hall–Kier alpha value is -2.87. The van der Waals surface area contributed by atoms with Gasteiger partial charge in [0.05, 0.1) is 12.6 Å². The lowest BCUT2D eigenvalue weighted by Crippen LogP contribution is -2.20. The summed E-state index contributed by atoms with van der Waals surface area (Å²) in [4.78, 5) is 13.6. The van der Waals surface area contributed by atoms with E-state index in [0.717, 1.165) is 16.5 Å². The lowest BCUT2D eigenvalue weighted by atomic mass is 10.1. The number of amides is 1. The van der Waals surface area contributed by atoms with Crippen LogP contribution in [0.5, 0.6) is 0 Å².